The van der Waals surface area contributed by atoms with Gasteiger partial charge in [-0.15, -0.1) is 11.3 Å². The second-order valence-corrected chi connectivity index (χ2v) is 7.32. The van der Waals surface area contributed by atoms with Crippen molar-refractivity contribution in [2.45, 2.75) is 45.6 Å². The predicted molar refractivity (Wildman–Crippen MR) is 81.4 cm³/mol. The summed E-state index contributed by atoms with van der Waals surface area (Å²) in [6, 6.07) is -0.0207. The van der Waals surface area contributed by atoms with Crippen LogP contribution in [-0.4, -0.2) is 45.1 Å². The van der Waals surface area contributed by atoms with Crippen LogP contribution in [-0.2, 0) is 0 Å². The highest BCUT2D eigenvalue weighted by molar-refractivity contribution is 7.09. The van der Waals surface area contributed by atoms with E-state index in [2.05, 4.69) is 30.9 Å². The van der Waals surface area contributed by atoms with E-state index >= 15 is 0 Å². The minimum Gasteiger partial charge on any atom is -0.465 e. The number of piperidine rings is 1. The van der Waals surface area contributed by atoms with Crippen LogP contribution in [0.1, 0.15) is 50.2 Å². The number of aromatic nitrogens is 1. The Balaban J connectivity index is 2.18. The molecule has 0 spiro atoms. The van der Waals surface area contributed by atoms with Crippen LogP contribution in [0, 0.1) is 5.41 Å². The molecular weight excluding hydrogens is 290 g/mol. The Morgan fingerprint density at radius 3 is 2.86 bits per heavy atom. The van der Waals surface area contributed by atoms with Gasteiger partial charge in [0.15, 0.2) is 0 Å². The number of hydrogen-bond donors (Lipinski definition) is 2. The average Bonchev–Trinajstić information content (AvgIpc) is 2.86. The molecule has 2 rings (SSSR count). The quantitative estimate of drug-likeness (QED) is 0.499. The van der Waals surface area contributed by atoms with Crippen molar-refractivity contribution in [3.8, 4) is 0 Å². The Morgan fingerprint density at radius 1 is 1.57 bits per heavy atom. The molecule has 1 aliphatic heterocycles. The van der Waals surface area contributed by atoms with Crippen LogP contribution in [0.15, 0.2) is 10.5 Å². The van der Waals surface area contributed by atoms with Crippen molar-refractivity contribution < 1.29 is 15.1 Å². The third-order valence-electron chi connectivity index (χ3n) is 3.93. The van der Waals surface area contributed by atoms with Crippen LogP contribution in [0.25, 0.3) is 0 Å². The lowest BCUT2D eigenvalue weighted by atomic mass is 9.77. The summed E-state index contributed by atoms with van der Waals surface area (Å²) in [6.45, 7) is 6.75. The third-order valence-corrected chi connectivity index (χ3v) is 4.95. The lowest BCUT2D eigenvalue weighted by Crippen LogP contribution is -2.51. The molecule has 2 atom stereocenters. The number of hydrogen-bond acceptors (Lipinski definition) is 5. The lowest BCUT2D eigenvalue weighted by molar-refractivity contribution is 0.0525. The SMILES string of the molecule is CC(C)(C)C1CC(c2nc(/C=N\O)cs2)CCN1C(=O)O. The molecular formula is C14H21N3O3S. The monoisotopic (exact) mass is 311 g/mol. The van der Waals surface area contributed by atoms with Gasteiger partial charge in [-0.05, 0) is 18.3 Å². The summed E-state index contributed by atoms with van der Waals surface area (Å²) < 4.78 is 0. The van der Waals surface area contributed by atoms with E-state index in [1.807, 2.05) is 5.38 Å². The summed E-state index contributed by atoms with van der Waals surface area (Å²) in [5, 5.41) is 23.7. The molecule has 2 heterocycles. The van der Waals surface area contributed by atoms with E-state index in [0.717, 1.165) is 17.8 Å². The molecule has 1 amide bonds. The smallest absolute Gasteiger partial charge is 0.407 e. The second-order valence-electron chi connectivity index (χ2n) is 6.43. The van der Waals surface area contributed by atoms with Gasteiger partial charge in [0.25, 0.3) is 0 Å². The Morgan fingerprint density at radius 2 is 2.29 bits per heavy atom. The Hall–Kier alpha value is -1.63. The van der Waals surface area contributed by atoms with E-state index in [4.69, 9.17) is 5.21 Å². The van der Waals surface area contributed by atoms with Crippen molar-refractivity contribution in [1.29, 1.82) is 0 Å². The molecule has 0 aliphatic carbocycles. The Kier molecular flexibility index (Phi) is 4.51. The fraction of sp³-hybridized carbons (Fsp3) is 0.643. The summed E-state index contributed by atoms with van der Waals surface area (Å²) >= 11 is 1.54. The van der Waals surface area contributed by atoms with Crippen LogP contribution < -0.4 is 0 Å². The molecule has 2 N–H and O–H groups in total. The number of amides is 1. The van der Waals surface area contributed by atoms with Gasteiger partial charge in [0.2, 0.25) is 0 Å². The van der Waals surface area contributed by atoms with Crippen molar-refractivity contribution >= 4 is 23.6 Å². The summed E-state index contributed by atoms with van der Waals surface area (Å²) in [4.78, 5) is 17.4. The zero-order valence-electron chi connectivity index (χ0n) is 12.5. The number of likely N-dealkylation sites (tertiary alicyclic amines) is 1. The number of oxime groups is 1. The van der Waals surface area contributed by atoms with Gasteiger partial charge in [0.1, 0.15) is 0 Å². The zero-order valence-corrected chi connectivity index (χ0v) is 13.3. The molecule has 2 unspecified atom stereocenters. The lowest BCUT2D eigenvalue weighted by Gasteiger charge is -2.44. The Labute approximate surface area is 128 Å². The van der Waals surface area contributed by atoms with E-state index in [1.54, 1.807) is 4.90 Å². The molecule has 0 aromatic carbocycles. The summed E-state index contributed by atoms with van der Waals surface area (Å²) in [6.07, 6.45) is 2.02. The van der Waals surface area contributed by atoms with Crippen molar-refractivity contribution in [3.05, 3.63) is 16.1 Å². The first-order valence-electron chi connectivity index (χ1n) is 6.95. The minimum absolute atomic E-state index is 0.0207. The molecule has 0 radical (unpaired) electrons. The van der Waals surface area contributed by atoms with Crippen molar-refractivity contribution in [2.75, 3.05) is 6.54 Å². The van der Waals surface area contributed by atoms with E-state index in [1.165, 1.54) is 17.6 Å². The number of carboxylic acid groups (broad SMARTS) is 1. The number of carbonyl (C=O) groups is 1. The highest BCUT2D eigenvalue weighted by Crippen LogP contribution is 2.39. The number of rotatable bonds is 2. The van der Waals surface area contributed by atoms with Gasteiger partial charge >= 0.3 is 6.09 Å². The van der Waals surface area contributed by atoms with Gasteiger partial charge < -0.3 is 15.2 Å². The zero-order chi connectivity index (χ0) is 15.6. The van der Waals surface area contributed by atoms with Gasteiger partial charge in [0.05, 0.1) is 16.9 Å². The van der Waals surface area contributed by atoms with Gasteiger partial charge in [-0.1, -0.05) is 25.9 Å². The van der Waals surface area contributed by atoms with Crippen LogP contribution >= 0.6 is 11.3 Å². The molecule has 0 bridgehead atoms. The fourth-order valence-corrected chi connectivity index (χ4v) is 3.77. The summed E-state index contributed by atoms with van der Waals surface area (Å²) in [7, 11) is 0. The average molecular weight is 311 g/mol. The standard InChI is InChI=1S/C14H21N3O3S/c1-14(2,3)11-6-9(4-5-17(11)13(18)19)12-16-10(7-15-20)8-21-12/h7-9,11,20H,4-6H2,1-3H3,(H,18,19)/b15-7-. The molecule has 1 aliphatic rings. The van der Waals surface area contributed by atoms with Crippen molar-refractivity contribution in [1.82, 2.24) is 9.88 Å². The summed E-state index contributed by atoms with van der Waals surface area (Å²) in [5.74, 6) is 0.260. The largest absolute Gasteiger partial charge is 0.465 e. The van der Waals surface area contributed by atoms with Crippen LogP contribution in [0.3, 0.4) is 0 Å². The second kappa shape index (κ2) is 6.01. The number of nitrogens with zero attached hydrogens (tertiary/aromatic N) is 3. The maximum Gasteiger partial charge on any atom is 0.407 e. The predicted octanol–water partition coefficient (Wildman–Crippen LogP) is 3.22. The van der Waals surface area contributed by atoms with E-state index in [9.17, 15) is 9.90 Å². The molecule has 1 aromatic heterocycles. The van der Waals surface area contributed by atoms with Gasteiger partial charge in [-0.3, -0.25) is 0 Å². The molecule has 1 saturated heterocycles. The van der Waals surface area contributed by atoms with Crippen molar-refractivity contribution in [2.24, 2.45) is 10.6 Å². The molecule has 7 heteroatoms. The first-order valence-corrected chi connectivity index (χ1v) is 7.83. The first-order chi connectivity index (χ1) is 9.82. The number of thiazole rings is 1. The van der Waals surface area contributed by atoms with Crippen LogP contribution in [0.2, 0.25) is 0 Å². The first kappa shape index (κ1) is 15.8. The maximum absolute atomic E-state index is 11.4. The van der Waals surface area contributed by atoms with Crippen LogP contribution in [0.5, 0.6) is 0 Å². The van der Waals surface area contributed by atoms with Gasteiger partial charge in [-0.25, -0.2) is 9.78 Å². The van der Waals surface area contributed by atoms with E-state index in [0.29, 0.717) is 12.2 Å². The molecule has 6 nitrogen and oxygen atoms in total. The van der Waals surface area contributed by atoms with Crippen LogP contribution in [0.4, 0.5) is 4.79 Å². The minimum atomic E-state index is -0.847. The molecule has 1 fully saturated rings. The molecule has 0 saturated carbocycles. The molecule has 116 valence electrons. The van der Waals surface area contributed by atoms with E-state index in [-0.39, 0.29) is 17.4 Å². The third kappa shape index (κ3) is 3.53. The highest BCUT2D eigenvalue weighted by atomic mass is 32.1. The Bertz CT molecular complexity index is 536. The normalized spacial score (nSPS) is 23.7. The fourth-order valence-electron chi connectivity index (χ4n) is 2.85. The maximum atomic E-state index is 11.4. The van der Waals surface area contributed by atoms with Gasteiger partial charge in [-0.2, -0.15) is 0 Å². The van der Waals surface area contributed by atoms with E-state index < -0.39 is 6.09 Å². The highest BCUT2D eigenvalue weighted by Gasteiger charge is 2.39. The molecule has 1 aromatic rings. The molecule has 21 heavy (non-hydrogen) atoms. The summed E-state index contributed by atoms with van der Waals surface area (Å²) in [5.41, 5.74) is 0.537. The van der Waals surface area contributed by atoms with Gasteiger partial charge in [0, 0.05) is 23.9 Å². The topological polar surface area (TPSA) is 86.0 Å². The van der Waals surface area contributed by atoms with Crippen molar-refractivity contribution in [3.63, 3.8) is 0 Å².